The van der Waals surface area contributed by atoms with Crippen LogP contribution in [0.4, 0.5) is 0 Å². The fourth-order valence-electron chi connectivity index (χ4n) is 1.67. The van der Waals surface area contributed by atoms with Gasteiger partial charge in [0.05, 0.1) is 18.8 Å². The number of rotatable bonds is 5. The fourth-order valence-corrected chi connectivity index (χ4v) is 1.67. The minimum absolute atomic E-state index is 0.0232. The fraction of sp³-hybridized carbons (Fsp3) is 1.00. The molecule has 0 spiro atoms. The van der Waals surface area contributed by atoms with Gasteiger partial charge in [-0.05, 0) is 27.7 Å². The smallest absolute Gasteiger partial charge is 0.114 e. The first-order valence-electron chi connectivity index (χ1n) is 5.78. The number of aliphatic hydroxyl groups excluding tert-OH is 1. The second-order valence-corrected chi connectivity index (χ2v) is 4.66. The molecule has 0 saturated carbocycles. The van der Waals surface area contributed by atoms with Crippen LogP contribution in [0.2, 0.25) is 0 Å². The zero-order valence-corrected chi connectivity index (χ0v) is 10.4. The molecule has 1 heterocycles. The highest BCUT2D eigenvalue weighted by Gasteiger charge is 2.42. The first-order chi connectivity index (χ1) is 7.41. The molecule has 0 aromatic rings. The van der Waals surface area contributed by atoms with Crippen molar-refractivity contribution in [3.8, 4) is 0 Å². The van der Waals surface area contributed by atoms with Gasteiger partial charge in [-0.3, -0.25) is 0 Å². The molecule has 4 atom stereocenters. The maximum atomic E-state index is 9.81. The van der Waals surface area contributed by atoms with Gasteiger partial charge >= 0.3 is 0 Å². The van der Waals surface area contributed by atoms with E-state index < -0.39 is 18.2 Å². The van der Waals surface area contributed by atoms with Gasteiger partial charge in [0, 0.05) is 6.00 Å². The van der Waals surface area contributed by atoms with E-state index in [9.17, 15) is 5.11 Å². The minimum Gasteiger partial charge on any atom is -0.388 e. The molecule has 0 bridgehead atoms. The summed E-state index contributed by atoms with van der Waals surface area (Å²) in [6.07, 6.45) is -1.35. The highest BCUT2D eigenvalue weighted by molar-refractivity contribution is 6.11. The van der Waals surface area contributed by atoms with Gasteiger partial charge in [-0.15, -0.1) is 0 Å². The lowest BCUT2D eigenvalue weighted by Gasteiger charge is -2.23. The molecule has 1 rings (SSSR count). The third kappa shape index (κ3) is 3.73. The van der Waals surface area contributed by atoms with Gasteiger partial charge in [-0.25, -0.2) is 0 Å². The van der Waals surface area contributed by atoms with Crippen molar-refractivity contribution in [2.75, 3.05) is 6.61 Å². The van der Waals surface area contributed by atoms with Gasteiger partial charge in [-0.2, -0.15) is 0 Å². The molecule has 1 N–H and O–H groups in total. The summed E-state index contributed by atoms with van der Waals surface area (Å²) in [5, 5.41) is 9.81. The molecule has 1 aliphatic rings. The van der Waals surface area contributed by atoms with Crippen molar-refractivity contribution in [1.29, 1.82) is 0 Å². The Balaban J connectivity index is 2.52. The summed E-state index contributed by atoms with van der Waals surface area (Å²) in [7, 11) is 5.63. The Labute approximate surface area is 98.7 Å². The summed E-state index contributed by atoms with van der Waals surface area (Å²) in [6.45, 7) is 8.11. The molecule has 16 heavy (non-hydrogen) atoms. The second kappa shape index (κ2) is 6.01. The average molecular weight is 228 g/mol. The summed E-state index contributed by atoms with van der Waals surface area (Å²) in [4.78, 5) is 0. The van der Waals surface area contributed by atoms with Crippen molar-refractivity contribution >= 4 is 7.85 Å². The van der Waals surface area contributed by atoms with Gasteiger partial charge in [0.2, 0.25) is 0 Å². The van der Waals surface area contributed by atoms with Crippen LogP contribution in [0.1, 0.15) is 27.7 Å². The Morgan fingerprint density at radius 2 is 1.88 bits per heavy atom. The van der Waals surface area contributed by atoms with E-state index >= 15 is 0 Å². The van der Waals surface area contributed by atoms with Crippen LogP contribution in [0.5, 0.6) is 0 Å². The summed E-state index contributed by atoms with van der Waals surface area (Å²) in [5.41, 5.74) is 0. The quantitative estimate of drug-likeness (QED) is 0.694. The normalized spacial score (nSPS) is 35.2. The van der Waals surface area contributed by atoms with Crippen molar-refractivity contribution in [2.24, 2.45) is 0 Å². The van der Waals surface area contributed by atoms with Gasteiger partial charge in [0.25, 0.3) is 0 Å². The molecular formula is C11H21BO4. The highest BCUT2D eigenvalue weighted by Crippen LogP contribution is 2.24. The maximum absolute atomic E-state index is 9.81. The maximum Gasteiger partial charge on any atom is 0.114 e. The molecule has 0 aromatic carbocycles. The number of aliphatic hydroxyl groups is 1. The minimum atomic E-state index is -0.789. The molecule has 4 unspecified atom stereocenters. The van der Waals surface area contributed by atoms with Crippen LogP contribution in [0.3, 0.4) is 0 Å². The molecule has 0 amide bonds. The SMILES string of the molecule is [B]C1OC(COC(C)C)C(OC(C)C)C1O. The van der Waals surface area contributed by atoms with Crippen molar-refractivity contribution in [3.05, 3.63) is 0 Å². The molecule has 1 aliphatic heterocycles. The molecule has 92 valence electrons. The molecular weight excluding hydrogens is 207 g/mol. The van der Waals surface area contributed by atoms with Crippen LogP contribution in [-0.4, -0.2) is 56.1 Å². The summed E-state index contributed by atoms with van der Waals surface area (Å²) in [6, 6.07) is -0.690. The predicted octanol–water partition coefficient (Wildman–Crippen LogP) is 0.459. The standard InChI is InChI=1S/C11H21BO4/c1-6(2)14-5-8-10(15-7(3)4)9(13)11(12)16-8/h6-11,13H,5H2,1-4H3. The summed E-state index contributed by atoms with van der Waals surface area (Å²) in [5.74, 6) is 0. The third-order valence-corrected chi connectivity index (χ3v) is 2.39. The van der Waals surface area contributed by atoms with E-state index in [4.69, 9.17) is 22.1 Å². The largest absolute Gasteiger partial charge is 0.388 e. The Hall–Kier alpha value is -0.0951. The van der Waals surface area contributed by atoms with E-state index in [1.54, 1.807) is 0 Å². The van der Waals surface area contributed by atoms with Crippen LogP contribution in [0.25, 0.3) is 0 Å². The van der Waals surface area contributed by atoms with E-state index in [1.807, 2.05) is 27.7 Å². The zero-order chi connectivity index (χ0) is 12.3. The predicted molar refractivity (Wildman–Crippen MR) is 61.5 cm³/mol. The van der Waals surface area contributed by atoms with Gasteiger partial charge in [0.1, 0.15) is 26.2 Å². The number of hydrogen-bond acceptors (Lipinski definition) is 4. The Bertz CT molecular complexity index is 210. The van der Waals surface area contributed by atoms with Gasteiger partial charge in [0.15, 0.2) is 0 Å². The second-order valence-electron chi connectivity index (χ2n) is 4.66. The van der Waals surface area contributed by atoms with Crippen molar-refractivity contribution in [2.45, 2.75) is 64.2 Å². The molecule has 0 aliphatic carbocycles. The van der Waals surface area contributed by atoms with Crippen molar-refractivity contribution < 1.29 is 19.3 Å². The van der Waals surface area contributed by atoms with E-state index in [2.05, 4.69) is 0 Å². The third-order valence-electron chi connectivity index (χ3n) is 2.39. The monoisotopic (exact) mass is 228 g/mol. The Kier molecular flexibility index (Phi) is 5.24. The van der Waals surface area contributed by atoms with Crippen LogP contribution in [-0.2, 0) is 14.2 Å². The van der Waals surface area contributed by atoms with Crippen LogP contribution in [0, 0.1) is 0 Å². The first kappa shape index (κ1) is 14.0. The molecule has 5 heteroatoms. The lowest BCUT2D eigenvalue weighted by atomic mass is 9.93. The Morgan fingerprint density at radius 1 is 1.25 bits per heavy atom. The van der Waals surface area contributed by atoms with E-state index in [1.165, 1.54) is 0 Å². The molecule has 2 radical (unpaired) electrons. The van der Waals surface area contributed by atoms with Gasteiger partial charge in [-0.1, -0.05) is 0 Å². The van der Waals surface area contributed by atoms with E-state index in [0.717, 1.165) is 0 Å². The number of hydrogen-bond donors (Lipinski definition) is 1. The summed E-state index contributed by atoms with van der Waals surface area (Å²) >= 11 is 0. The lowest BCUT2D eigenvalue weighted by molar-refractivity contribution is -0.0931. The molecule has 4 nitrogen and oxygen atoms in total. The van der Waals surface area contributed by atoms with Gasteiger partial charge < -0.3 is 19.3 Å². The number of ether oxygens (including phenoxy) is 3. The van der Waals surface area contributed by atoms with Crippen molar-refractivity contribution in [3.63, 3.8) is 0 Å². The van der Waals surface area contributed by atoms with E-state index in [-0.39, 0.29) is 18.3 Å². The van der Waals surface area contributed by atoms with Crippen molar-refractivity contribution in [1.82, 2.24) is 0 Å². The van der Waals surface area contributed by atoms with Crippen LogP contribution >= 0.6 is 0 Å². The van der Waals surface area contributed by atoms with Crippen LogP contribution in [0.15, 0.2) is 0 Å². The zero-order valence-electron chi connectivity index (χ0n) is 10.4. The van der Waals surface area contributed by atoms with Crippen LogP contribution < -0.4 is 0 Å². The topological polar surface area (TPSA) is 47.9 Å². The molecule has 1 saturated heterocycles. The highest BCUT2D eigenvalue weighted by atomic mass is 16.6. The molecule has 0 aromatic heterocycles. The Morgan fingerprint density at radius 3 is 2.38 bits per heavy atom. The van der Waals surface area contributed by atoms with E-state index in [0.29, 0.717) is 6.61 Å². The average Bonchev–Trinajstić information content (AvgIpc) is 2.42. The molecule has 1 fully saturated rings. The lowest BCUT2D eigenvalue weighted by Crippen LogP contribution is -2.39. The summed E-state index contributed by atoms with van der Waals surface area (Å²) < 4.78 is 16.5. The first-order valence-corrected chi connectivity index (χ1v) is 5.78.